The van der Waals surface area contributed by atoms with Crippen molar-refractivity contribution in [3.63, 3.8) is 0 Å². The summed E-state index contributed by atoms with van der Waals surface area (Å²) in [5.41, 5.74) is 0.756. The van der Waals surface area contributed by atoms with Crippen molar-refractivity contribution in [2.45, 2.75) is 159 Å². The van der Waals surface area contributed by atoms with E-state index in [4.69, 9.17) is 37.9 Å². The number of allylic oxidation sites excluding steroid dienone is 4. The summed E-state index contributed by atoms with van der Waals surface area (Å²) in [5, 5.41) is 4.24. The first kappa shape index (κ1) is 54.2. The Bertz CT molecular complexity index is 2220. The van der Waals surface area contributed by atoms with Gasteiger partial charge in [-0.1, -0.05) is 86.7 Å². The van der Waals surface area contributed by atoms with Crippen molar-refractivity contribution in [2.75, 3.05) is 41.1 Å². The van der Waals surface area contributed by atoms with Crippen molar-refractivity contribution >= 4 is 34.9 Å². The van der Waals surface area contributed by atoms with Gasteiger partial charge < -0.3 is 42.8 Å². The highest BCUT2D eigenvalue weighted by molar-refractivity contribution is 7.95. The zero-order chi connectivity index (χ0) is 51.2. The molecule has 1 saturated carbocycles. The number of nitrogens with zero attached hydrogens (tertiary/aromatic N) is 1. The smallest absolute Gasteiger partial charge is 0.306 e. The molecular weight excluding hydrogens is 938 g/mol. The SMILES string of the molecule is CC[C@H]1CCC[C@H](O[C@H]2CC[C@H](N(C)CCC[P+](c3ccccc3)(c3ccccc3)c3ccccc3)[C@@H](C)O2)[C@@H](C)C(=O)C2=C[C@@H]3[C@@H](C=C[C@@H]4C[C@@H](O[C@@H]5O[C@@H](C)[C@H](OC)[C@@H](OC)[C@H]5OC)C[C@@H]34)[C@@H]2CC(=O)O1. The maximum Gasteiger partial charge on any atom is 0.306 e. The minimum absolute atomic E-state index is 0.0175. The second-order valence-corrected chi connectivity index (χ2v) is 25.5. The van der Waals surface area contributed by atoms with Crippen LogP contribution in [0.4, 0.5) is 0 Å². The number of ketones is 1. The number of carbonyl (C=O) groups is 2. The lowest BCUT2D eigenvalue weighted by molar-refractivity contribution is -0.314. The van der Waals surface area contributed by atoms with Crippen LogP contribution in [-0.2, 0) is 47.5 Å². The zero-order valence-corrected chi connectivity index (χ0v) is 45.6. The fourth-order valence-electron chi connectivity index (χ4n) is 13.9. The molecule has 73 heavy (non-hydrogen) atoms. The number of carbonyl (C=O) groups excluding carboxylic acids is 2. The predicted molar refractivity (Wildman–Crippen MR) is 288 cm³/mol. The van der Waals surface area contributed by atoms with Gasteiger partial charge in [0.1, 0.15) is 47.6 Å². The predicted octanol–water partition coefficient (Wildman–Crippen LogP) is 9.24. The van der Waals surface area contributed by atoms with Gasteiger partial charge in [0.25, 0.3) is 0 Å². The summed E-state index contributed by atoms with van der Waals surface area (Å²) >= 11 is 0. The van der Waals surface area contributed by atoms with E-state index in [0.29, 0.717) is 6.42 Å². The van der Waals surface area contributed by atoms with E-state index in [1.54, 1.807) is 21.3 Å². The molecule has 4 fully saturated rings. The number of likely N-dealkylation sites (N-methyl/N-ethyl adjacent to an activating group) is 1. The molecule has 3 aromatic rings. The molecule has 0 amide bonds. The molecule has 0 N–H and O–H groups in total. The van der Waals surface area contributed by atoms with Crippen LogP contribution in [0.25, 0.3) is 0 Å². The largest absolute Gasteiger partial charge is 0.462 e. The number of methoxy groups -OCH3 is 3. The minimum atomic E-state index is -1.93. The first-order valence-electron chi connectivity index (χ1n) is 27.6. The van der Waals surface area contributed by atoms with Crippen molar-refractivity contribution in [1.29, 1.82) is 0 Å². The van der Waals surface area contributed by atoms with Gasteiger partial charge in [0.2, 0.25) is 0 Å². The molecule has 3 aliphatic carbocycles. The van der Waals surface area contributed by atoms with E-state index in [-0.39, 0.29) is 96.5 Å². The fourth-order valence-corrected chi connectivity index (χ4v) is 18.2. The van der Waals surface area contributed by atoms with Crippen molar-refractivity contribution in [3.05, 3.63) is 115 Å². The normalized spacial score (nSPS) is 36.1. The molecule has 0 aromatic heterocycles. The van der Waals surface area contributed by atoms with Crippen molar-refractivity contribution in [3.8, 4) is 0 Å². The summed E-state index contributed by atoms with van der Waals surface area (Å²) in [6, 6.07) is 33.7. The van der Waals surface area contributed by atoms with E-state index < -0.39 is 31.9 Å². The maximum atomic E-state index is 15.1. The molecule has 0 radical (unpaired) electrons. The molecule has 6 aliphatic rings. The number of ether oxygens (including phenoxy) is 8. The number of rotatable bonds is 16. The number of esters is 1. The summed E-state index contributed by atoms with van der Waals surface area (Å²) < 4.78 is 50.7. The van der Waals surface area contributed by atoms with Crippen LogP contribution in [0.2, 0.25) is 0 Å². The summed E-state index contributed by atoms with van der Waals surface area (Å²) in [6.07, 6.45) is 12.4. The lowest BCUT2D eigenvalue weighted by Crippen LogP contribution is -2.59. The third-order valence-electron chi connectivity index (χ3n) is 17.8. The van der Waals surface area contributed by atoms with Crippen LogP contribution in [0.3, 0.4) is 0 Å². The number of cyclic esters (lactones) is 1. The average Bonchev–Trinajstić information content (AvgIpc) is 4.00. The van der Waals surface area contributed by atoms with Gasteiger partial charge in [0.15, 0.2) is 18.4 Å². The number of fused-ring (bicyclic) bond motifs is 5. The molecule has 0 spiro atoms. The highest BCUT2D eigenvalue weighted by Gasteiger charge is 2.53. The quantitative estimate of drug-likeness (QED) is 0.0778. The summed E-state index contributed by atoms with van der Waals surface area (Å²) in [5.74, 6) is -0.176. The molecule has 12 heteroatoms. The first-order valence-corrected chi connectivity index (χ1v) is 29.5. The van der Waals surface area contributed by atoms with Crippen LogP contribution < -0.4 is 15.9 Å². The highest BCUT2D eigenvalue weighted by Crippen LogP contribution is 2.57. The summed E-state index contributed by atoms with van der Waals surface area (Å²) in [4.78, 5) is 31.4. The molecular formula is C61H83NO10P+. The second kappa shape index (κ2) is 24.6. The van der Waals surface area contributed by atoms with Crippen LogP contribution >= 0.6 is 7.26 Å². The molecule has 0 bridgehead atoms. The molecule has 3 aromatic carbocycles. The molecule has 11 nitrogen and oxygen atoms in total. The van der Waals surface area contributed by atoms with E-state index >= 15 is 4.79 Å². The minimum Gasteiger partial charge on any atom is -0.462 e. The standard InChI is InChI=1S/C61H83NO10P/c1-9-43-21-19-28-54(72-56-32-31-53(40(3)68-56)62(5)33-20-34-73(45-22-13-10-14-23-45,46-24-15-11-16-25-46)47-26-17-12-18-27-47)39(2)57(64)52-37-50-48(51(52)38-55(63)70-43)30-29-42-35-44(36-49(42)50)71-61-60(67-8)59(66-7)58(65-6)41(4)69-61/h10-18,22-27,29-30,37,39-44,48-51,53-54,56,58-61H,9,19-21,28,31-36,38H2,1-8H3/q+1/t39-,40-,41+,42-,43+,44-,48-,49-,50-,51+,53+,54+,56+,58+,59-,60-,61+/m1/s1. The van der Waals surface area contributed by atoms with E-state index in [9.17, 15) is 4.79 Å². The van der Waals surface area contributed by atoms with E-state index in [2.05, 4.69) is 135 Å². The molecule has 0 unspecified atom stereocenters. The molecule has 3 heterocycles. The van der Waals surface area contributed by atoms with Gasteiger partial charge in [-0.15, -0.1) is 0 Å². The third-order valence-corrected chi connectivity index (χ3v) is 22.3. The lowest BCUT2D eigenvalue weighted by atomic mass is 9.70. The van der Waals surface area contributed by atoms with Gasteiger partial charge in [-0.25, -0.2) is 0 Å². The van der Waals surface area contributed by atoms with E-state index in [1.165, 1.54) is 15.9 Å². The zero-order valence-electron chi connectivity index (χ0n) is 44.7. The van der Waals surface area contributed by atoms with Crippen molar-refractivity contribution in [2.24, 2.45) is 35.5 Å². The Balaban J connectivity index is 0.866. The Hall–Kier alpha value is -3.61. The molecule has 17 atom stereocenters. The van der Waals surface area contributed by atoms with Crippen molar-refractivity contribution in [1.82, 2.24) is 4.90 Å². The van der Waals surface area contributed by atoms with E-state index in [1.807, 2.05) is 13.8 Å². The Kier molecular flexibility index (Phi) is 18.3. The number of Topliss-reactive ketones (excluding diaryl/α,β-unsaturated/α-hetero) is 1. The molecule has 3 aliphatic heterocycles. The van der Waals surface area contributed by atoms with Gasteiger partial charge >= 0.3 is 5.97 Å². The number of hydrogen-bond donors (Lipinski definition) is 0. The van der Waals surface area contributed by atoms with Gasteiger partial charge in [-0.05, 0) is 144 Å². The van der Waals surface area contributed by atoms with Gasteiger partial charge in [-0.3, -0.25) is 9.59 Å². The van der Waals surface area contributed by atoms with Gasteiger partial charge in [0, 0.05) is 45.8 Å². The molecule has 396 valence electrons. The Morgan fingerprint density at radius 3 is 1.95 bits per heavy atom. The molecule has 3 saturated heterocycles. The summed E-state index contributed by atoms with van der Waals surface area (Å²) in [7, 11) is 5.31. The van der Waals surface area contributed by atoms with Crippen LogP contribution in [0.5, 0.6) is 0 Å². The Labute approximate surface area is 436 Å². The number of hydrogen-bond acceptors (Lipinski definition) is 11. The van der Waals surface area contributed by atoms with Crippen LogP contribution in [0, 0.1) is 35.5 Å². The fraction of sp³-hybridized carbons (Fsp3) is 0.607. The second-order valence-electron chi connectivity index (χ2n) is 21.9. The first-order chi connectivity index (χ1) is 35.5. The van der Waals surface area contributed by atoms with E-state index in [0.717, 1.165) is 69.6 Å². The molecule has 9 rings (SSSR count). The Morgan fingerprint density at radius 2 is 1.34 bits per heavy atom. The maximum absolute atomic E-state index is 15.1. The highest BCUT2D eigenvalue weighted by atomic mass is 31.2. The Morgan fingerprint density at radius 1 is 0.699 bits per heavy atom. The van der Waals surface area contributed by atoms with Gasteiger partial charge in [0.05, 0.1) is 37.0 Å². The van der Waals surface area contributed by atoms with Crippen molar-refractivity contribution < 1.29 is 47.5 Å². The topological polar surface area (TPSA) is 111 Å². The van der Waals surface area contributed by atoms with Crippen LogP contribution in [-0.4, -0.2) is 125 Å². The summed E-state index contributed by atoms with van der Waals surface area (Å²) in [6.45, 7) is 9.23. The van der Waals surface area contributed by atoms with Gasteiger partial charge in [-0.2, -0.15) is 0 Å². The number of benzene rings is 3. The van der Waals surface area contributed by atoms with Crippen LogP contribution in [0.15, 0.2) is 115 Å². The average molecular weight is 1020 g/mol. The monoisotopic (exact) mass is 1020 g/mol. The van der Waals surface area contributed by atoms with Crippen LogP contribution in [0.1, 0.15) is 91.9 Å². The third kappa shape index (κ3) is 11.6. The lowest BCUT2D eigenvalue weighted by Gasteiger charge is -2.44.